The van der Waals surface area contributed by atoms with E-state index < -0.39 is 5.97 Å². The fraction of sp³-hybridized carbons (Fsp3) is 0.818. The minimum atomic E-state index is -0.805. The molecule has 1 atom stereocenters. The van der Waals surface area contributed by atoms with Gasteiger partial charge in [0.25, 0.3) is 0 Å². The van der Waals surface area contributed by atoms with Gasteiger partial charge in [0.1, 0.15) is 0 Å². The van der Waals surface area contributed by atoms with Crippen LogP contribution in [0.25, 0.3) is 0 Å². The molecule has 0 aliphatic carbocycles. The fourth-order valence-electron chi connectivity index (χ4n) is 1.22. The maximum absolute atomic E-state index is 11.3. The molecule has 100 valence electrons. The number of carbonyl (C=O) groups excluding carboxylic acids is 1. The Kier molecular flexibility index (Phi) is 9.14. The van der Waals surface area contributed by atoms with Gasteiger partial charge in [-0.25, -0.2) is 4.79 Å². The van der Waals surface area contributed by atoms with Gasteiger partial charge in [-0.3, -0.25) is 4.79 Å². The Bertz CT molecular complexity index is 234. The highest BCUT2D eigenvalue weighted by Gasteiger charge is 2.07. The van der Waals surface area contributed by atoms with Crippen LogP contribution in [-0.2, 0) is 9.53 Å². The average molecular weight is 246 g/mol. The van der Waals surface area contributed by atoms with Crippen molar-refractivity contribution in [1.29, 1.82) is 0 Å². The summed E-state index contributed by atoms with van der Waals surface area (Å²) in [4.78, 5) is 21.6. The SMILES string of the molecule is COCCCNC(=O)NCC(C)CCC(=O)O. The van der Waals surface area contributed by atoms with Crippen LogP contribution in [0.15, 0.2) is 0 Å². The number of amides is 2. The summed E-state index contributed by atoms with van der Waals surface area (Å²) in [5.74, 6) is -0.642. The molecule has 17 heavy (non-hydrogen) atoms. The van der Waals surface area contributed by atoms with Crippen molar-refractivity contribution in [2.24, 2.45) is 5.92 Å². The zero-order chi connectivity index (χ0) is 13.1. The molecule has 3 N–H and O–H groups in total. The van der Waals surface area contributed by atoms with Gasteiger partial charge in [0.2, 0.25) is 0 Å². The molecule has 0 saturated carbocycles. The molecule has 0 fully saturated rings. The van der Waals surface area contributed by atoms with Crippen LogP contribution >= 0.6 is 0 Å². The van der Waals surface area contributed by atoms with Crippen LogP contribution in [-0.4, -0.2) is 43.9 Å². The quantitative estimate of drug-likeness (QED) is 0.526. The Morgan fingerprint density at radius 1 is 1.35 bits per heavy atom. The molecule has 6 nitrogen and oxygen atoms in total. The highest BCUT2D eigenvalue weighted by molar-refractivity contribution is 5.73. The van der Waals surface area contributed by atoms with E-state index in [0.29, 0.717) is 26.1 Å². The molecule has 0 bridgehead atoms. The Labute approximate surface area is 102 Å². The van der Waals surface area contributed by atoms with Crippen molar-refractivity contribution in [3.63, 3.8) is 0 Å². The molecule has 6 heteroatoms. The first-order valence-electron chi connectivity index (χ1n) is 5.78. The van der Waals surface area contributed by atoms with Gasteiger partial charge in [-0.05, 0) is 18.8 Å². The number of nitrogens with one attached hydrogen (secondary N) is 2. The Morgan fingerprint density at radius 3 is 2.65 bits per heavy atom. The molecule has 1 unspecified atom stereocenters. The predicted molar refractivity (Wildman–Crippen MR) is 63.9 cm³/mol. The first kappa shape index (κ1) is 15.7. The van der Waals surface area contributed by atoms with E-state index in [1.807, 2.05) is 6.92 Å². The van der Waals surface area contributed by atoms with E-state index in [9.17, 15) is 9.59 Å². The van der Waals surface area contributed by atoms with Crippen LogP contribution in [0.1, 0.15) is 26.2 Å². The Morgan fingerprint density at radius 2 is 2.06 bits per heavy atom. The lowest BCUT2D eigenvalue weighted by Crippen LogP contribution is -2.38. The average Bonchev–Trinajstić information content (AvgIpc) is 2.29. The maximum atomic E-state index is 11.3. The van der Waals surface area contributed by atoms with Crippen LogP contribution in [0.4, 0.5) is 4.79 Å². The molecular weight excluding hydrogens is 224 g/mol. The number of rotatable bonds is 9. The van der Waals surface area contributed by atoms with E-state index in [4.69, 9.17) is 9.84 Å². The van der Waals surface area contributed by atoms with Crippen molar-refractivity contribution in [3.8, 4) is 0 Å². The van der Waals surface area contributed by atoms with Gasteiger partial charge in [-0.15, -0.1) is 0 Å². The lowest BCUT2D eigenvalue weighted by Gasteiger charge is -2.12. The summed E-state index contributed by atoms with van der Waals surface area (Å²) in [5.41, 5.74) is 0. The van der Waals surface area contributed by atoms with Gasteiger partial charge in [-0.2, -0.15) is 0 Å². The molecule has 0 radical (unpaired) electrons. The number of hydrogen-bond donors (Lipinski definition) is 3. The summed E-state index contributed by atoms with van der Waals surface area (Å²) in [5, 5.41) is 13.9. The zero-order valence-electron chi connectivity index (χ0n) is 10.5. The fourth-order valence-corrected chi connectivity index (χ4v) is 1.22. The number of ether oxygens (including phenoxy) is 1. The highest BCUT2D eigenvalue weighted by atomic mass is 16.5. The van der Waals surface area contributed by atoms with Crippen molar-refractivity contribution >= 4 is 12.0 Å². The zero-order valence-corrected chi connectivity index (χ0v) is 10.5. The van der Waals surface area contributed by atoms with Crippen LogP contribution in [0.3, 0.4) is 0 Å². The molecule has 0 aromatic heterocycles. The number of methoxy groups -OCH3 is 1. The van der Waals surface area contributed by atoms with E-state index in [-0.39, 0.29) is 18.4 Å². The second-order valence-corrected chi connectivity index (χ2v) is 4.02. The van der Waals surface area contributed by atoms with E-state index >= 15 is 0 Å². The first-order chi connectivity index (χ1) is 8.06. The standard InChI is InChI=1S/C11H22N2O4/c1-9(4-5-10(14)15)8-13-11(16)12-6-3-7-17-2/h9H,3-8H2,1-2H3,(H,14,15)(H2,12,13,16). The smallest absolute Gasteiger partial charge is 0.314 e. The summed E-state index contributed by atoms with van der Waals surface area (Å²) >= 11 is 0. The summed E-state index contributed by atoms with van der Waals surface area (Å²) in [7, 11) is 1.62. The molecule has 0 aromatic rings. The van der Waals surface area contributed by atoms with Crippen molar-refractivity contribution in [2.45, 2.75) is 26.2 Å². The summed E-state index contributed by atoms with van der Waals surface area (Å²) in [6.45, 7) is 3.59. The van der Waals surface area contributed by atoms with Crippen molar-refractivity contribution < 1.29 is 19.4 Å². The molecule has 2 amide bonds. The third kappa shape index (κ3) is 11.0. The summed E-state index contributed by atoms with van der Waals surface area (Å²) in [6.07, 6.45) is 1.48. The lowest BCUT2D eigenvalue weighted by atomic mass is 10.1. The molecule has 0 aliphatic rings. The predicted octanol–water partition coefficient (Wildman–Crippen LogP) is 0.823. The number of carboxylic acid groups (broad SMARTS) is 1. The largest absolute Gasteiger partial charge is 0.481 e. The van der Waals surface area contributed by atoms with Gasteiger partial charge in [-0.1, -0.05) is 6.92 Å². The van der Waals surface area contributed by atoms with E-state index in [1.54, 1.807) is 7.11 Å². The summed E-state index contributed by atoms with van der Waals surface area (Å²) < 4.78 is 4.85. The van der Waals surface area contributed by atoms with Gasteiger partial charge in [0.15, 0.2) is 0 Å². The molecular formula is C11H22N2O4. The normalized spacial score (nSPS) is 11.9. The molecule has 0 saturated heterocycles. The third-order valence-corrected chi connectivity index (χ3v) is 2.27. The summed E-state index contributed by atoms with van der Waals surface area (Å²) in [6, 6.07) is -0.219. The van der Waals surface area contributed by atoms with Gasteiger partial charge < -0.3 is 20.5 Å². The van der Waals surface area contributed by atoms with Crippen LogP contribution in [0.2, 0.25) is 0 Å². The third-order valence-electron chi connectivity index (χ3n) is 2.27. The molecule has 0 aliphatic heterocycles. The van der Waals surface area contributed by atoms with Crippen molar-refractivity contribution in [1.82, 2.24) is 10.6 Å². The molecule has 0 spiro atoms. The second-order valence-electron chi connectivity index (χ2n) is 4.02. The number of aliphatic carboxylic acids is 1. The highest BCUT2D eigenvalue weighted by Crippen LogP contribution is 2.03. The maximum Gasteiger partial charge on any atom is 0.314 e. The Balaban J connectivity index is 3.45. The topological polar surface area (TPSA) is 87.7 Å². The van der Waals surface area contributed by atoms with Gasteiger partial charge >= 0.3 is 12.0 Å². The van der Waals surface area contributed by atoms with E-state index in [0.717, 1.165) is 6.42 Å². The number of carbonyl (C=O) groups is 2. The minimum Gasteiger partial charge on any atom is -0.481 e. The van der Waals surface area contributed by atoms with Gasteiger partial charge in [0.05, 0.1) is 0 Å². The van der Waals surface area contributed by atoms with E-state index in [2.05, 4.69) is 10.6 Å². The number of carboxylic acids is 1. The minimum absolute atomic E-state index is 0.137. The first-order valence-corrected chi connectivity index (χ1v) is 5.78. The van der Waals surface area contributed by atoms with Crippen molar-refractivity contribution in [2.75, 3.05) is 26.8 Å². The molecule has 0 aromatic carbocycles. The Hall–Kier alpha value is -1.30. The van der Waals surface area contributed by atoms with Gasteiger partial charge in [0, 0.05) is 33.2 Å². The molecule has 0 heterocycles. The van der Waals surface area contributed by atoms with Crippen LogP contribution in [0, 0.1) is 5.92 Å². The number of urea groups is 1. The van der Waals surface area contributed by atoms with Crippen LogP contribution in [0.5, 0.6) is 0 Å². The van der Waals surface area contributed by atoms with E-state index in [1.165, 1.54) is 0 Å². The van der Waals surface area contributed by atoms with Crippen LogP contribution < -0.4 is 10.6 Å². The number of hydrogen-bond acceptors (Lipinski definition) is 3. The lowest BCUT2D eigenvalue weighted by molar-refractivity contribution is -0.137. The van der Waals surface area contributed by atoms with Crippen molar-refractivity contribution in [3.05, 3.63) is 0 Å². The monoisotopic (exact) mass is 246 g/mol. The second kappa shape index (κ2) is 9.89. The molecule has 0 rings (SSSR count).